The summed E-state index contributed by atoms with van der Waals surface area (Å²) in [5.41, 5.74) is 2.16. The Bertz CT molecular complexity index is 1140. The quantitative estimate of drug-likeness (QED) is 0.439. The van der Waals surface area contributed by atoms with Gasteiger partial charge in [-0.2, -0.15) is 5.26 Å². The van der Waals surface area contributed by atoms with E-state index in [1.165, 1.54) is 4.90 Å². The van der Waals surface area contributed by atoms with E-state index in [2.05, 4.69) is 31.9 Å². The maximum absolute atomic E-state index is 13.7. The number of piperazine rings is 1. The van der Waals surface area contributed by atoms with Crippen molar-refractivity contribution < 1.29 is 14.7 Å². The SMILES string of the molecule is Cc1cn([C@H](C(=O)N2C[C@H](O)C[C@H]2C(=O)N[C@@H](CCN2CCNCC2)c2ccc(C#N)cc2)C(C)C)nn1. The van der Waals surface area contributed by atoms with Gasteiger partial charge >= 0.3 is 0 Å². The van der Waals surface area contributed by atoms with Gasteiger partial charge in [0.15, 0.2) is 0 Å². The fourth-order valence-corrected chi connectivity index (χ4v) is 5.31. The summed E-state index contributed by atoms with van der Waals surface area (Å²) in [5.74, 6) is -0.630. The Hall–Kier alpha value is -3.33. The van der Waals surface area contributed by atoms with Crippen molar-refractivity contribution in [3.05, 3.63) is 47.3 Å². The highest BCUT2D eigenvalue weighted by atomic mass is 16.3. The first kappa shape index (κ1) is 27.7. The summed E-state index contributed by atoms with van der Waals surface area (Å²) in [6.07, 6.45) is 1.81. The number of nitrogens with zero attached hydrogens (tertiary/aromatic N) is 6. The average molecular weight is 523 g/mol. The third kappa shape index (κ3) is 6.56. The molecular formula is C27H38N8O3. The summed E-state index contributed by atoms with van der Waals surface area (Å²) in [6.45, 7) is 10.3. The van der Waals surface area contributed by atoms with Gasteiger partial charge in [0, 0.05) is 51.9 Å². The number of aliphatic hydroxyl groups excluding tert-OH is 1. The van der Waals surface area contributed by atoms with E-state index in [1.807, 2.05) is 32.9 Å². The predicted octanol–water partition coefficient (Wildman–Crippen LogP) is 0.770. The molecule has 0 saturated carbocycles. The van der Waals surface area contributed by atoms with Gasteiger partial charge in [-0.3, -0.25) is 9.59 Å². The van der Waals surface area contributed by atoms with Crippen molar-refractivity contribution in [1.82, 2.24) is 35.4 Å². The Morgan fingerprint density at radius 1 is 1.24 bits per heavy atom. The van der Waals surface area contributed by atoms with Gasteiger partial charge in [-0.15, -0.1) is 5.10 Å². The van der Waals surface area contributed by atoms with Crippen LogP contribution in [0.1, 0.15) is 55.6 Å². The minimum Gasteiger partial charge on any atom is -0.391 e. The van der Waals surface area contributed by atoms with Crippen LogP contribution in [0.5, 0.6) is 0 Å². The number of nitriles is 1. The molecule has 2 saturated heterocycles. The number of β-amino-alcohol motifs (C(OH)–C–C–N with tert-alkyl or cyclic N) is 1. The zero-order valence-electron chi connectivity index (χ0n) is 22.4. The Balaban J connectivity index is 1.52. The van der Waals surface area contributed by atoms with Gasteiger partial charge in [0.2, 0.25) is 11.8 Å². The van der Waals surface area contributed by atoms with Gasteiger partial charge < -0.3 is 25.5 Å². The van der Waals surface area contributed by atoms with Gasteiger partial charge in [-0.05, 0) is 37.0 Å². The molecule has 0 bridgehead atoms. The molecule has 0 spiro atoms. The number of rotatable bonds is 9. The Morgan fingerprint density at radius 3 is 2.55 bits per heavy atom. The summed E-state index contributed by atoms with van der Waals surface area (Å²) in [7, 11) is 0. The molecule has 2 aliphatic rings. The number of carbonyl (C=O) groups excluding carboxylic acids is 2. The second kappa shape index (κ2) is 12.5. The lowest BCUT2D eigenvalue weighted by Crippen LogP contribution is -2.50. The summed E-state index contributed by atoms with van der Waals surface area (Å²) in [4.78, 5) is 31.2. The molecule has 4 rings (SSSR count). The second-order valence-corrected chi connectivity index (χ2v) is 10.6. The Morgan fingerprint density at radius 2 is 1.95 bits per heavy atom. The predicted molar refractivity (Wildman–Crippen MR) is 141 cm³/mol. The van der Waals surface area contributed by atoms with Crippen LogP contribution in [-0.4, -0.2) is 93.1 Å². The fraction of sp³-hybridized carbons (Fsp3) is 0.593. The van der Waals surface area contributed by atoms with Crippen molar-refractivity contribution in [2.24, 2.45) is 5.92 Å². The molecule has 1 aromatic heterocycles. The summed E-state index contributed by atoms with van der Waals surface area (Å²) < 4.78 is 1.55. The first-order chi connectivity index (χ1) is 18.3. The highest BCUT2D eigenvalue weighted by molar-refractivity contribution is 5.90. The number of carbonyl (C=O) groups is 2. The monoisotopic (exact) mass is 522 g/mol. The van der Waals surface area contributed by atoms with Gasteiger partial charge in [0.1, 0.15) is 12.1 Å². The number of aromatic nitrogens is 3. The lowest BCUT2D eigenvalue weighted by atomic mass is 10.00. The van der Waals surface area contributed by atoms with Gasteiger partial charge in [-0.1, -0.05) is 31.2 Å². The number of hydrogen-bond donors (Lipinski definition) is 3. The van der Waals surface area contributed by atoms with Gasteiger partial charge in [-0.25, -0.2) is 4.68 Å². The molecular weight excluding hydrogens is 484 g/mol. The first-order valence-corrected chi connectivity index (χ1v) is 13.4. The van der Waals surface area contributed by atoms with E-state index in [1.54, 1.807) is 23.0 Å². The van der Waals surface area contributed by atoms with Crippen molar-refractivity contribution in [1.29, 1.82) is 5.26 Å². The molecule has 11 nitrogen and oxygen atoms in total. The van der Waals surface area contributed by atoms with E-state index in [-0.39, 0.29) is 36.7 Å². The fourth-order valence-electron chi connectivity index (χ4n) is 5.31. The third-order valence-corrected chi connectivity index (χ3v) is 7.36. The molecule has 3 heterocycles. The second-order valence-electron chi connectivity index (χ2n) is 10.6. The van der Waals surface area contributed by atoms with E-state index in [0.717, 1.165) is 38.3 Å². The van der Waals surface area contributed by atoms with Crippen LogP contribution in [0, 0.1) is 24.2 Å². The van der Waals surface area contributed by atoms with Crippen molar-refractivity contribution in [2.45, 2.75) is 57.8 Å². The molecule has 0 unspecified atom stereocenters. The number of aliphatic hydroxyl groups is 1. The van der Waals surface area contributed by atoms with E-state index < -0.39 is 18.2 Å². The molecule has 0 aliphatic carbocycles. The maximum atomic E-state index is 13.7. The Kier molecular flexibility index (Phi) is 9.09. The number of amides is 2. The molecule has 2 fully saturated rings. The number of hydrogen-bond acceptors (Lipinski definition) is 8. The van der Waals surface area contributed by atoms with Gasteiger partial charge in [0.05, 0.1) is 29.5 Å². The molecule has 0 radical (unpaired) electrons. The lowest BCUT2D eigenvalue weighted by molar-refractivity contribution is -0.142. The summed E-state index contributed by atoms with van der Waals surface area (Å²) in [6, 6.07) is 7.67. The van der Waals surface area contributed by atoms with E-state index >= 15 is 0 Å². The molecule has 3 N–H and O–H groups in total. The zero-order valence-corrected chi connectivity index (χ0v) is 22.4. The molecule has 11 heteroatoms. The Labute approximate surface area is 223 Å². The van der Waals surface area contributed by atoms with E-state index in [9.17, 15) is 20.0 Å². The largest absolute Gasteiger partial charge is 0.391 e. The smallest absolute Gasteiger partial charge is 0.248 e. The number of aryl methyl sites for hydroxylation is 1. The van der Waals surface area contributed by atoms with Crippen molar-refractivity contribution in [2.75, 3.05) is 39.3 Å². The van der Waals surface area contributed by atoms with Crippen molar-refractivity contribution in [3.63, 3.8) is 0 Å². The van der Waals surface area contributed by atoms with Crippen molar-refractivity contribution >= 4 is 11.8 Å². The normalized spacial score (nSPS) is 21.7. The van der Waals surface area contributed by atoms with Crippen LogP contribution in [0.15, 0.2) is 30.5 Å². The summed E-state index contributed by atoms with van der Waals surface area (Å²) >= 11 is 0. The van der Waals surface area contributed by atoms with Gasteiger partial charge in [0.25, 0.3) is 0 Å². The van der Waals surface area contributed by atoms with Crippen LogP contribution >= 0.6 is 0 Å². The minimum atomic E-state index is -0.788. The molecule has 204 valence electrons. The molecule has 4 atom stereocenters. The molecule has 2 aliphatic heterocycles. The van der Waals surface area contributed by atoms with Crippen LogP contribution in [0.25, 0.3) is 0 Å². The van der Waals surface area contributed by atoms with Crippen LogP contribution in [0.4, 0.5) is 0 Å². The van der Waals surface area contributed by atoms with E-state index in [0.29, 0.717) is 17.7 Å². The highest BCUT2D eigenvalue weighted by Crippen LogP contribution is 2.28. The highest BCUT2D eigenvalue weighted by Gasteiger charge is 2.43. The van der Waals surface area contributed by atoms with Crippen molar-refractivity contribution in [3.8, 4) is 6.07 Å². The van der Waals surface area contributed by atoms with Crippen LogP contribution in [0.3, 0.4) is 0 Å². The third-order valence-electron chi connectivity index (χ3n) is 7.36. The standard InChI is InChI=1S/C27H38N8O3/c1-18(2)25(35-16-19(3)31-32-35)27(38)34-17-22(36)14-24(34)26(37)30-23(8-11-33-12-9-29-10-13-33)21-6-4-20(15-28)5-7-21/h4-7,16,18,22-25,29,36H,8-14,17H2,1-3H3,(H,30,37)/t22-,23+,24+,25+/m1/s1. The molecule has 1 aromatic carbocycles. The van der Waals surface area contributed by atoms with E-state index in [4.69, 9.17) is 0 Å². The molecule has 2 aromatic rings. The first-order valence-electron chi connectivity index (χ1n) is 13.4. The summed E-state index contributed by atoms with van der Waals surface area (Å²) in [5, 5.41) is 34.4. The topological polar surface area (TPSA) is 139 Å². The minimum absolute atomic E-state index is 0.0875. The maximum Gasteiger partial charge on any atom is 0.248 e. The van der Waals surface area contributed by atoms with Crippen LogP contribution in [0.2, 0.25) is 0 Å². The number of likely N-dealkylation sites (tertiary alicyclic amines) is 1. The lowest BCUT2D eigenvalue weighted by Gasteiger charge is -2.32. The number of nitrogens with one attached hydrogen (secondary N) is 2. The average Bonchev–Trinajstić information content (AvgIpc) is 3.52. The number of benzene rings is 1. The molecule has 38 heavy (non-hydrogen) atoms. The molecule has 2 amide bonds. The zero-order chi connectivity index (χ0) is 27.2. The van der Waals surface area contributed by atoms with Crippen LogP contribution < -0.4 is 10.6 Å². The van der Waals surface area contributed by atoms with Crippen LogP contribution in [-0.2, 0) is 9.59 Å².